The second-order valence-corrected chi connectivity index (χ2v) is 4.15. The van der Waals surface area contributed by atoms with Gasteiger partial charge in [-0.1, -0.05) is 0 Å². The molecule has 0 amide bonds. The standard InChI is InChI=1S/C11H15F2N3O/c12-11(13)2-4-16(8-11)5-6-17-9-1-3-15-10(14)7-9/h1,3,7H,2,4-6,8H2,(H2,14,15). The van der Waals surface area contributed by atoms with Crippen LogP contribution in [-0.4, -0.2) is 42.0 Å². The number of ether oxygens (including phenoxy) is 1. The molecule has 0 bridgehead atoms. The van der Waals surface area contributed by atoms with Crippen molar-refractivity contribution in [2.24, 2.45) is 0 Å². The van der Waals surface area contributed by atoms with E-state index in [1.807, 2.05) is 0 Å². The van der Waals surface area contributed by atoms with Crippen LogP contribution < -0.4 is 10.5 Å². The first-order chi connectivity index (χ1) is 8.05. The van der Waals surface area contributed by atoms with Gasteiger partial charge in [0.2, 0.25) is 0 Å². The first-order valence-electron chi connectivity index (χ1n) is 5.50. The van der Waals surface area contributed by atoms with Gasteiger partial charge in [0.1, 0.15) is 18.2 Å². The monoisotopic (exact) mass is 243 g/mol. The molecule has 0 atom stereocenters. The Kier molecular flexibility index (Phi) is 3.42. The Labute approximate surface area is 98.4 Å². The zero-order valence-corrected chi connectivity index (χ0v) is 9.40. The molecule has 1 saturated heterocycles. The highest BCUT2D eigenvalue weighted by Gasteiger charge is 2.37. The normalized spacial score (nSPS) is 19.4. The van der Waals surface area contributed by atoms with E-state index in [-0.39, 0.29) is 13.0 Å². The molecule has 0 saturated carbocycles. The molecule has 1 aromatic rings. The molecule has 0 aromatic carbocycles. The van der Waals surface area contributed by atoms with Gasteiger partial charge in [0.05, 0.1) is 6.54 Å². The van der Waals surface area contributed by atoms with Crippen LogP contribution in [0.1, 0.15) is 6.42 Å². The van der Waals surface area contributed by atoms with Crippen LogP contribution in [0.5, 0.6) is 5.75 Å². The molecule has 17 heavy (non-hydrogen) atoms. The first kappa shape index (κ1) is 12.0. The molecule has 6 heteroatoms. The number of hydrogen-bond donors (Lipinski definition) is 1. The Hall–Kier alpha value is -1.43. The van der Waals surface area contributed by atoms with E-state index >= 15 is 0 Å². The number of rotatable bonds is 4. The van der Waals surface area contributed by atoms with Crippen LogP contribution in [-0.2, 0) is 0 Å². The summed E-state index contributed by atoms with van der Waals surface area (Å²) >= 11 is 0. The number of likely N-dealkylation sites (tertiary alicyclic amines) is 1. The summed E-state index contributed by atoms with van der Waals surface area (Å²) < 4.78 is 31.2. The molecular weight excluding hydrogens is 228 g/mol. The molecule has 2 rings (SSSR count). The van der Waals surface area contributed by atoms with Crippen LogP contribution >= 0.6 is 0 Å². The summed E-state index contributed by atoms with van der Waals surface area (Å²) in [5.74, 6) is -1.54. The van der Waals surface area contributed by atoms with Crippen LogP contribution in [0.3, 0.4) is 0 Å². The number of hydrogen-bond acceptors (Lipinski definition) is 4. The van der Waals surface area contributed by atoms with Gasteiger partial charge in [-0.05, 0) is 6.07 Å². The number of halogens is 2. The SMILES string of the molecule is Nc1cc(OCCN2CCC(F)(F)C2)ccn1. The Bertz CT molecular complexity index is 387. The highest BCUT2D eigenvalue weighted by molar-refractivity contribution is 5.35. The molecule has 1 fully saturated rings. The average molecular weight is 243 g/mol. The summed E-state index contributed by atoms with van der Waals surface area (Å²) in [5.41, 5.74) is 5.49. The highest BCUT2D eigenvalue weighted by Crippen LogP contribution is 2.26. The van der Waals surface area contributed by atoms with Gasteiger partial charge in [0, 0.05) is 31.8 Å². The maximum atomic E-state index is 12.9. The number of pyridine rings is 1. The third kappa shape index (κ3) is 3.52. The Morgan fingerprint density at radius 3 is 3.00 bits per heavy atom. The number of aromatic nitrogens is 1. The van der Waals surface area contributed by atoms with Crippen LogP contribution in [0.2, 0.25) is 0 Å². The van der Waals surface area contributed by atoms with E-state index in [4.69, 9.17) is 10.5 Å². The first-order valence-corrected chi connectivity index (χ1v) is 5.50. The van der Waals surface area contributed by atoms with Crippen molar-refractivity contribution in [3.8, 4) is 5.75 Å². The van der Waals surface area contributed by atoms with Crippen molar-refractivity contribution in [1.29, 1.82) is 0 Å². The van der Waals surface area contributed by atoms with Gasteiger partial charge in [-0.15, -0.1) is 0 Å². The summed E-state index contributed by atoms with van der Waals surface area (Å²) in [5, 5.41) is 0. The largest absolute Gasteiger partial charge is 0.492 e. The fraction of sp³-hybridized carbons (Fsp3) is 0.545. The Morgan fingerprint density at radius 1 is 1.53 bits per heavy atom. The molecular formula is C11H15F2N3O. The van der Waals surface area contributed by atoms with Crippen LogP contribution in [0, 0.1) is 0 Å². The van der Waals surface area contributed by atoms with E-state index in [0.29, 0.717) is 31.3 Å². The lowest BCUT2D eigenvalue weighted by molar-refractivity contribution is 0.0113. The lowest BCUT2D eigenvalue weighted by Gasteiger charge is -2.15. The predicted molar refractivity (Wildman–Crippen MR) is 60.1 cm³/mol. The molecule has 2 N–H and O–H groups in total. The van der Waals surface area contributed by atoms with E-state index in [9.17, 15) is 8.78 Å². The number of nitrogens with two attached hydrogens (primary N) is 1. The summed E-state index contributed by atoms with van der Waals surface area (Å²) in [6.45, 7) is 1.13. The summed E-state index contributed by atoms with van der Waals surface area (Å²) in [7, 11) is 0. The smallest absolute Gasteiger partial charge is 0.261 e. The van der Waals surface area contributed by atoms with Crippen LogP contribution in [0.4, 0.5) is 14.6 Å². The van der Waals surface area contributed by atoms with Crippen molar-refractivity contribution in [1.82, 2.24) is 9.88 Å². The zero-order valence-electron chi connectivity index (χ0n) is 9.40. The second-order valence-electron chi connectivity index (χ2n) is 4.15. The van der Waals surface area contributed by atoms with Crippen molar-refractivity contribution in [2.45, 2.75) is 12.3 Å². The Balaban J connectivity index is 1.73. The van der Waals surface area contributed by atoms with Crippen molar-refractivity contribution < 1.29 is 13.5 Å². The van der Waals surface area contributed by atoms with Crippen molar-refractivity contribution in [2.75, 3.05) is 32.0 Å². The third-order valence-electron chi connectivity index (χ3n) is 2.68. The van der Waals surface area contributed by atoms with Gasteiger partial charge in [-0.3, -0.25) is 4.90 Å². The highest BCUT2D eigenvalue weighted by atomic mass is 19.3. The minimum absolute atomic E-state index is 0.0603. The molecule has 1 aliphatic heterocycles. The fourth-order valence-corrected chi connectivity index (χ4v) is 1.81. The molecule has 0 radical (unpaired) electrons. The number of anilines is 1. The van der Waals surface area contributed by atoms with Crippen molar-refractivity contribution >= 4 is 5.82 Å². The number of nitrogen functional groups attached to an aromatic ring is 1. The average Bonchev–Trinajstić information content (AvgIpc) is 2.58. The lowest BCUT2D eigenvalue weighted by atomic mass is 10.3. The van der Waals surface area contributed by atoms with Crippen LogP contribution in [0.25, 0.3) is 0 Å². The zero-order chi connectivity index (χ0) is 12.3. The van der Waals surface area contributed by atoms with Gasteiger partial charge in [-0.25, -0.2) is 13.8 Å². The Morgan fingerprint density at radius 2 is 2.35 bits per heavy atom. The van der Waals surface area contributed by atoms with Gasteiger partial charge in [0.15, 0.2) is 0 Å². The van der Waals surface area contributed by atoms with E-state index < -0.39 is 5.92 Å². The molecule has 2 heterocycles. The van der Waals surface area contributed by atoms with Gasteiger partial charge in [0.25, 0.3) is 5.92 Å². The third-order valence-corrected chi connectivity index (χ3v) is 2.68. The van der Waals surface area contributed by atoms with E-state index in [1.54, 1.807) is 23.2 Å². The van der Waals surface area contributed by atoms with Crippen molar-refractivity contribution in [3.05, 3.63) is 18.3 Å². The van der Waals surface area contributed by atoms with Gasteiger partial charge >= 0.3 is 0 Å². The topological polar surface area (TPSA) is 51.4 Å². The molecule has 0 unspecified atom stereocenters. The molecule has 1 aliphatic rings. The van der Waals surface area contributed by atoms with Crippen LogP contribution in [0.15, 0.2) is 18.3 Å². The van der Waals surface area contributed by atoms with E-state index in [0.717, 1.165) is 0 Å². The molecule has 1 aromatic heterocycles. The lowest BCUT2D eigenvalue weighted by Crippen LogP contribution is -2.29. The van der Waals surface area contributed by atoms with E-state index in [1.165, 1.54) is 0 Å². The second kappa shape index (κ2) is 4.83. The van der Waals surface area contributed by atoms with Crippen molar-refractivity contribution in [3.63, 3.8) is 0 Å². The molecule has 94 valence electrons. The minimum Gasteiger partial charge on any atom is -0.492 e. The quantitative estimate of drug-likeness (QED) is 0.868. The summed E-state index contributed by atoms with van der Waals surface area (Å²) in [6.07, 6.45) is 1.49. The van der Waals surface area contributed by atoms with E-state index in [2.05, 4.69) is 4.98 Å². The molecule has 0 aliphatic carbocycles. The van der Waals surface area contributed by atoms with Gasteiger partial charge in [-0.2, -0.15) is 0 Å². The maximum Gasteiger partial charge on any atom is 0.261 e. The summed E-state index contributed by atoms with van der Waals surface area (Å²) in [4.78, 5) is 5.53. The molecule has 0 spiro atoms. The predicted octanol–water partition coefficient (Wildman–Crippen LogP) is 1.38. The maximum absolute atomic E-state index is 12.9. The van der Waals surface area contributed by atoms with Gasteiger partial charge < -0.3 is 10.5 Å². The number of alkyl halides is 2. The number of nitrogens with zero attached hydrogens (tertiary/aromatic N) is 2. The fourth-order valence-electron chi connectivity index (χ4n) is 1.81. The molecule has 4 nitrogen and oxygen atoms in total. The summed E-state index contributed by atoms with van der Waals surface area (Å²) in [6, 6.07) is 3.30. The minimum atomic E-state index is -2.54.